The van der Waals surface area contributed by atoms with Gasteiger partial charge in [-0.1, -0.05) is 30.3 Å². The van der Waals surface area contributed by atoms with Crippen LogP contribution in [0.4, 0.5) is 17.2 Å². The quantitative estimate of drug-likeness (QED) is 0.694. The van der Waals surface area contributed by atoms with Gasteiger partial charge < -0.3 is 5.32 Å². The van der Waals surface area contributed by atoms with E-state index in [-0.39, 0.29) is 4.90 Å². The molecule has 1 heterocycles. The zero-order chi connectivity index (χ0) is 18.7. The second-order valence-electron chi connectivity index (χ2n) is 6.18. The Kier molecular flexibility index (Phi) is 4.95. The highest BCUT2D eigenvalue weighted by Crippen LogP contribution is 2.23. The molecule has 0 spiro atoms. The van der Waals surface area contributed by atoms with Crippen LogP contribution in [0.2, 0.25) is 0 Å². The number of pyridine rings is 1. The van der Waals surface area contributed by atoms with Gasteiger partial charge in [-0.15, -0.1) is 0 Å². The summed E-state index contributed by atoms with van der Waals surface area (Å²) in [5.74, 6) is 0.650. The normalized spacial score (nSPS) is 11.2. The van der Waals surface area contributed by atoms with Gasteiger partial charge in [0, 0.05) is 5.69 Å². The average molecular weight is 367 g/mol. The first-order chi connectivity index (χ1) is 12.4. The number of nitrogens with one attached hydrogen (secondary N) is 2. The second kappa shape index (κ2) is 7.17. The Balaban J connectivity index is 1.78. The molecule has 3 aromatic rings. The molecule has 0 aliphatic rings. The Bertz CT molecular complexity index is 1030. The number of nitrogens with zero attached hydrogens (tertiary/aromatic N) is 1. The van der Waals surface area contributed by atoms with Crippen molar-refractivity contribution < 1.29 is 8.42 Å². The molecule has 0 bridgehead atoms. The zero-order valence-corrected chi connectivity index (χ0v) is 15.8. The lowest BCUT2D eigenvalue weighted by molar-refractivity contribution is 0.600. The molecular formula is C20H21N3O2S. The highest BCUT2D eigenvalue weighted by molar-refractivity contribution is 7.92. The van der Waals surface area contributed by atoms with Crippen molar-refractivity contribution >= 4 is 27.2 Å². The largest absolute Gasteiger partial charge is 0.340 e. The van der Waals surface area contributed by atoms with E-state index >= 15 is 0 Å². The molecule has 5 nitrogen and oxygen atoms in total. The second-order valence-corrected chi connectivity index (χ2v) is 7.83. The van der Waals surface area contributed by atoms with Crippen LogP contribution in [-0.2, 0) is 10.0 Å². The number of hydrogen-bond donors (Lipinski definition) is 2. The molecule has 134 valence electrons. The van der Waals surface area contributed by atoms with Gasteiger partial charge in [0.2, 0.25) is 0 Å². The number of anilines is 3. The van der Waals surface area contributed by atoms with Crippen LogP contribution in [0.25, 0.3) is 0 Å². The summed E-state index contributed by atoms with van der Waals surface area (Å²) in [6.07, 6.45) is 1.50. The lowest BCUT2D eigenvalue weighted by atomic mass is 10.1. The van der Waals surface area contributed by atoms with Crippen molar-refractivity contribution in [3.05, 3.63) is 77.5 Å². The lowest BCUT2D eigenvalue weighted by Gasteiger charge is -2.12. The number of aryl methyl sites for hydroxylation is 2. The number of aromatic nitrogens is 1. The molecule has 0 fully saturated rings. The van der Waals surface area contributed by atoms with E-state index in [1.165, 1.54) is 11.8 Å². The summed E-state index contributed by atoms with van der Waals surface area (Å²) in [6.45, 7) is 5.86. The number of sulfonamides is 1. The highest BCUT2D eigenvalue weighted by atomic mass is 32.2. The summed E-state index contributed by atoms with van der Waals surface area (Å²) >= 11 is 0. The Morgan fingerprint density at radius 3 is 2.27 bits per heavy atom. The molecule has 1 aromatic heterocycles. The highest BCUT2D eigenvalue weighted by Gasteiger charge is 2.16. The molecule has 0 aliphatic heterocycles. The molecule has 2 aromatic carbocycles. The van der Waals surface area contributed by atoms with Gasteiger partial charge in [-0.3, -0.25) is 4.72 Å². The Morgan fingerprint density at radius 2 is 1.58 bits per heavy atom. The number of hydrogen-bond acceptors (Lipinski definition) is 4. The van der Waals surface area contributed by atoms with Crippen molar-refractivity contribution in [2.75, 3.05) is 10.0 Å². The van der Waals surface area contributed by atoms with Gasteiger partial charge in [0.15, 0.2) is 0 Å². The van der Waals surface area contributed by atoms with E-state index < -0.39 is 10.0 Å². The fourth-order valence-electron chi connectivity index (χ4n) is 2.62. The zero-order valence-electron chi connectivity index (χ0n) is 14.9. The predicted octanol–water partition coefficient (Wildman–Crippen LogP) is 4.55. The molecule has 0 atom stereocenters. The van der Waals surface area contributed by atoms with Crippen LogP contribution < -0.4 is 10.0 Å². The van der Waals surface area contributed by atoms with Crippen LogP contribution in [0.3, 0.4) is 0 Å². The minimum absolute atomic E-state index is 0.262. The Hall–Kier alpha value is -2.86. The summed E-state index contributed by atoms with van der Waals surface area (Å²) in [5.41, 5.74) is 4.43. The van der Waals surface area contributed by atoms with Crippen LogP contribution in [0.5, 0.6) is 0 Å². The first-order valence-corrected chi connectivity index (χ1v) is 9.73. The van der Waals surface area contributed by atoms with Crippen molar-refractivity contribution in [1.82, 2.24) is 4.98 Å². The summed E-state index contributed by atoms with van der Waals surface area (Å²) in [5, 5.41) is 3.26. The molecule has 6 heteroatoms. The van der Waals surface area contributed by atoms with Gasteiger partial charge >= 0.3 is 0 Å². The molecule has 0 saturated heterocycles. The van der Waals surface area contributed by atoms with Gasteiger partial charge in [-0.2, -0.15) is 0 Å². The topological polar surface area (TPSA) is 71.1 Å². The fourth-order valence-corrected chi connectivity index (χ4v) is 3.91. The van der Waals surface area contributed by atoms with E-state index in [0.717, 1.165) is 11.3 Å². The van der Waals surface area contributed by atoms with Crippen molar-refractivity contribution in [1.29, 1.82) is 0 Å². The van der Waals surface area contributed by atoms with E-state index in [1.54, 1.807) is 37.3 Å². The third kappa shape index (κ3) is 3.86. The van der Waals surface area contributed by atoms with E-state index in [0.29, 0.717) is 17.1 Å². The number of rotatable bonds is 5. The van der Waals surface area contributed by atoms with Gasteiger partial charge in [0.25, 0.3) is 10.0 Å². The van der Waals surface area contributed by atoms with Crippen molar-refractivity contribution in [2.24, 2.45) is 0 Å². The van der Waals surface area contributed by atoms with Crippen molar-refractivity contribution in [3.63, 3.8) is 0 Å². The van der Waals surface area contributed by atoms with Crippen molar-refractivity contribution in [3.8, 4) is 0 Å². The van der Waals surface area contributed by atoms with E-state index in [2.05, 4.69) is 28.0 Å². The van der Waals surface area contributed by atoms with Gasteiger partial charge in [0.1, 0.15) is 5.82 Å². The molecular weight excluding hydrogens is 346 g/mol. The molecule has 0 amide bonds. The standard InChI is InChI=1S/C20H21N3O2S/c1-14-8-6-9-18(16(14)3)22-20-12-11-17(13-21-20)23-26(24,25)19-10-5-4-7-15(19)2/h4-13,23H,1-3H3,(H,21,22). The molecule has 0 radical (unpaired) electrons. The summed E-state index contributed by atoms with van der Waals surface area (Å²) in [4.78, 5) is 4.57. The summed E-state index contributed by atoms with van der Waals surface area (Å²) in [7, 11) is -3.64. The first kappa shape index (κ1) is 17.9. The molecule has 0 unspecified atom stereocenters. The molecule has 0 saturated carbocycles. The first-order valence-electron chi connectivity index (χ1n) is 8.24. The van der Waals surface area contributed by atoms with E-state index in [4.69, 9.17) is 0 Å². The van der Waals surface area contributed by atoms with Crippen LogP contribution in [0, 0.1) is 20.8 Å². The third-order valence-corrected chi connectivity index (χ3v) is 5.81. The minimum Gasteiger partial charge on any atom is -0.340 e. The fraction of sp³-hybridized carbons (Fsp3) is 0.150. The van der Waals surface area contributed by atoms with Crippen LogP contribution in [0.15, 0.2) is 65.7 Å². The molecule has 3 rings (SSSR count). The maximum Gasteiger partial charge on any atom is 0.262 e. The van der Waals surface area contributed by atoms with Gasteiger partial charge in [-0.25, -0.2) is 13.4 Å². The third-order valence-electron chi connectivity index (χ3n) is 4.27. The monoisotopic (exact) mass is 367 g/mol. The molecule has 26 heavy (non-hydrogen) atoms. The summed E-state index contributed by atoms with van der Waals surface area (Å²) in [6, 6.07) is 16.3. The van der Waals surface area contributed by atoms with Gasteiger partial charge in [-0.05, 0) is 61.7 Å². The Labute approximate surface area is 154 Å². The van der Waals surface area contributed by atoms with Crippen LogP contribution in [-0.4, -0.2) is 13.4 Å². The van der Waals surface area contributed by atoms with Crippen LogP contribution >= 0.6 is 0 Å². The van der Waals surface area contributed by atoms with E-state index in [9.17, 15) is 8.42 Å². The van der Waals surface area contributed by atoms with Gasteiger partial charge in [0.05, 0.1) is 16.8 Å². The minimum atomic E-state index is -3.64. The predicted molar refractivity (Wildman–Crippen MR) is 105 cm³/mol. The maximum absolute atomic E-state index is 12.5. The molecule has 2 N–H and O–H groups in total. The molecule has 0 aliphatic carbocycles. The Morgan fingerprint density at radius 1 is 0.846 bits per heavy atom. The lowest BCUT2D eigenvalue weighted by Crippen LogP contribution is -2.14. The van der Waals surface area contributed by atoms with Crippen molar-refractivity contribution in [2.45, 2.75) is 25.7 Å². The SMILES string of the molecule is Cc1ccccc1S(=O)(=O)Nc1ccc(Nc2cccc(C)c2C)nc1. The van der Waals surface area contributed by atoms with E-state index in [1.807, 2.05) is 25.1 Å². The maximum atomic E-state index is 12.5. The van der Waals surface area contributed by atoms with Crippen LogP contribution in [0.1, 0.15) is 16.7 Å². The average Bonchev–Trinajstić information content (AvgIpc) is 2.60. The number of benzene rings is 2. The smallest absolute Gasteiger partial charge is 0.262 e. The summed E-state index contributed by atoms with van der Waals surface area (Å²) < 4.78 is 27.6.